The summed E-state index contributed by atoms with van der Waals surface area (Å²) in [6.07, 6.45) is 4.51. The van der Waals surface area contributed by atoms with Gasteiger partial charge in [-0.1, -0.05) is 105 Å². The van der Waals surface area contributed by atoms with E-state index >= 15 is 4.39 Å². The molecule has 7 rings (SSSR count). The van der Waals surface area contributed by atoms with Crippen LogP contribution in [0.1, 0.15) is 25.3 Å². The first-order valence-electron chi connectivity index (χ1n) is 15.8. The minimum Gasteiger partial charge on any atom is -0.206 e. The lowest BCUT2D eigenvalue weighted by atomic mass is 9.81. The Morgan fingerprint density at radius 3 is 1.76 bits per heavy atom. The van der Waals surface area contributed by atoms with Gasteiger partial charge in [-0.2, -0.15) is 0 Å². The average Bonchev–Trinajstić information content (AvgIpc) is 3.03. The second-order valence-corrected chi connectivity index (χ2v) is 21.0. The Morgan fingerprint density at radius 1 is 0.556 bits per heavy atom. The van der Waals surface area contributed by atoms with Crippen molar-refractivity contribution in [2.45, 2.75) is 44.3 Å². The van der Waals surface area contributed by atoms with Gasteiger partial charge in [0.15, 0.2) is 4.90 Å². The van der Waals surface area contributed by atoms with Crippen LogP contribution in [-0.2, 0) is 10.9 Å². The zero-order chi connectivity index (χ0) is 31.6. The average molecular weight is 624 g/mol. The molecule has 0 saturated heterocycles. The molecule has 0 radical (unpaired) electrons. The van der Waals surface area contributed by atoms with Crippen molar-refractivity contribution in [2.75, 3.05) is 12.5 Å². The summed E-state index contributed by atoms with van der Waals surface area (Å²) in [5.74, 6) is 0.156. The zero-order valence-corrected chi connectivity index (χ0v) is 29.1. The highest BCUT2D eigenvalue weighted by Gasteiger charge is 2.23. The monoisotopic (exact) mass is 623 g/mol. The van der Waals surface area contributed by atoms with E-state index in [1.807, 2.05) is 12.1 Å². The van der Waals surface area contributed by atoms with E-state index in [-0.39, 0.29) is 16.7 Å². The maximum absolute atomic E-state index is 15.5. The lowest BCUT2D eigenvalue weighted by Gasteiger charge is -2.23. The third-order valence-electron chi connectivity index (χ3n) is 9.42. The van der Waals surface area contributed by atoms with Crippen LogP contribution in [-0.4, -0.2) is 20.6 Å². The molecule has 0 aliphatic rings. The van der Waals surface area contributed by atoms with Gasteiger partial charge in [-0.15, -0.1) is 0 Å². The van der Waals surface area contributed by atoms with Gasteiger partial charge in [0.05, 0.1) is 8.07 Å². The van der Waals surface area contributed by atoms with Crippen LogP contribution < -0.4 is 5.19 Å². The van der Waals surface area contributed by atoms with Crippen LogP contribution in [0, 0.1) is 5.82 Å². The maximum atomic E-state index is 15.5. The molecular weight excluding hydrogens is 584 g/mol. The second-order valence-electron chi connectivity index (χ2n) is 13.9. The smallest absolute Gasteiger partial charge is 0.154 e. The van der Waals surface area contributed by atoms with E-state index in [2.05, 4.69) is 131 Å². The van der Waals surface area contributed by atoms with Crippen molar-refractivity contribution in [3.63, 3.8) is 0 Å². The molecule has 0 saturated carbocycles. The molecule has 0 atom stereocenters. The van der Waals surface area contributed by atoms with Crippen molar-refractivity contribution >= 4 is 56.5 Å². The lowest BCUT2D eigenvalue weighted by Crippen LogP contribution is -2.37. The maximum Gasteiger partial charge on any atom is 0.154 e. The zero-order valence-electron chi connectivity index (χ0n) is 27.3. The van der Waals surface area contributed by atoms with Crippen LogP contribution in [0.4, 0.5) is 4.39 Å². The standard InChI is InChI=1S/C42H40FSSi/c1-26(2)36-24-39-37(28-12-16-29(17-13-28)44(3)4)25-38(32-10-8-9-11-40(32)43)35-23-22-33-31(20-21-34(36)41(33)42(35)39)27-14-18-30(19-15-27)45(5,6)7/h8-26H,1-7H3/q+1. The number of benzene rings is 7. The topological polar surface area (TPSA) is 0 Å². The molecule has 3 heteroatoms. The van der Waals surface area contributed by atoms with E-state index in [0.29, 0.717) is 11.5 Å². The summed E-state index contributed by atoms with van der Waals surface area (Å²) in [6.45, 7) is 11.8. The molecule has 0 heterocycles. The predicted octanol–water partition coefficient (Wildman–Crippen LogP) is 11.6. The van der Waals surface area contributed by atoms with E-state index in [1.165, 1.54) is 53.7 Å². The largest absolute Gasteiger partial charge is 0.206 e. The van der Waals surface area contributed by atoms with Crippen molar-refractivity contribution in [3.05, 3.63) is 121 Å². The van der Waals surface area contributed by atoms with Crippen molar-refractivity contribution in [1.82, 2.24) is 0 Å². The summed E-state index contributed by atoms with van der Waals surface area (Å²) in [7, 11) is -1.22. The number of hydrogen-bond donors (Lipinski definition) is 0. The molecule has 0 aliphatic heterocycles. The molecule has 45 heavy (non-hydrogen) atoms. The van der Waals surface area contributed by atoms with Gasteiger partial charge in [0.2, 0.25) is 0 Å². The molecule has 0 amide bonds. The minimum absolute atomic E-state index is 0.182. The molecule has 0 aromatic heterocycles. The van der Waals surface area contributed by atoms with Crippen molar-refractivity contribution in [1.29, 1.82) is 0 Å². The van der Waals surface area contributed by atoms with E-state index in [9.17, 15) is 0 Å². The van der Waals surface area contributed by atoms with Crippen molar-refractivity contribution in [3.8, 4) is 33.4 Å². The van der Waals surface area contributed by atoms with E-state index in [0.717, 1.165) is 22.1 Å². The van der Waals surface area contributed by atoms with Crippen LogP contribution in [0.25, 0.3) is 65.7 Å². The van der Waals surface area contributed by atoms with Gasteiger partial charge in [-0.25, -0.2) is 4.39 Å². The van der Waals surface area contributed by atoms with Crippen molar-refractivity contribution in [2.24, 2.45) is 0 Å². The normalized spacial score (nSPS) is 12.4. The Bertz CT molecular complexity index is 2190. The molecule has 0 aliphatic carbocycles. The van der Waals surface area contributed by atoms with Crippen molar-refractivity contribution < 1.29 is 4.39 Å². The van der Waals surface area contributed by atoms with Gasteiger partial charge in [0.1, 0.15) is 18.3 Å². The van der Waals surface area contributed by atoms with Crippen LogP contribution in [0.5, 0.6) is 0 Å². The van der Waals surface area contributed by atoms with E-state index in [4.69, 9.17) is 0 Å². The van der Waals surface area contributed by atoms with Gasteiger partial charge in [0, 0.05) is 16.5 Å². The van der Waals surface area contributed by atoms with Gasteiger partial charge in [0.25, 0.3) is 0 Å². The van der Waals surface area contributed by atoms with E-state index < -0.39 is 8.07 Å². The Hall–Kier alpha value is -3.92. The molecule has 0 N–H and O–H groups in total. The molecule has 7 aromatic rings. The summed E-state index contributed by atoms with van der Waals surface area (Å²) in [6, 6.07) is 39.3. The number of rotatable bonds is 6. The molecule has 0 nitrogen and oxygen atoms in total. The summed E-state index contributed by atoms with van der Waals surface area (Å²) in [5, 5.41) is 8.83. The highest BCUT2D eigenvalue weighted by atomic mass is 32.2. The van der Waals surface area contributed by atoms with Gasteiger partial charge < -0.3 is 0 Å². The lowest BCUT2D eigenvalue weighted by molar-refractivity contribution is 0.631. The Labute approximate surface area is 270 Å². The fourth-order valence-electron chi connectivity index (χ4n) is 6.94. The Balaban J connectivity index is 1.62. The third kappa shape index (κ3) is 5.07. The first kappa shape index (κ1) is 29.8. The first-order chi connectivity index (χ1) is 21.5. The predicted molar refractivity (Wildman–Crippen MR) is 201 cm³/mol. The molecule has 0 spiro atoms. The fourth-order valence-corrected chi connectivity index (χ4v) is 8.78. The highest BCUT2D eigenvalue weighted by molar-refractivity contribution is 7.95. The van der Waals surface area contributed by atoms with Crippen LogP contribution in [0.3, 0.4) is 0 Å². The first-order valence-corrected chi connectivity index (χ1v) is 21.4. The summed E-state index contributed by atoms with van der Waals surface area (Å²) >= 11 is 0. The van der Waals surface area contributed by atoms with Gasteiger partial charge >= 0.3 is 0 Å². The third-order valence-corrected chi connectivity index (χ3v) is 12.7. The SMILES string of the molecule is CC(C)c1cc2c(-c3ccc([S+](C)C)cc3)cc(-c3ccccc3F)c3ccc4c(-c5ccc([Si](C)(C)C)cc5)ccc1c4c23. The number of hydrogen-bond acceptors (Lipinski definition) is 0. The summed E-state index contributed by atoms with van der Waals surface area (Å²) < 4.78 is 15.5. The molecule has 224 valence electrons. The molecule has 0 fully saturated rings. The number of halogens is 1. The molecule has 7 aromatic carbocycles. The molecule has 0 bridgehead atoms. The minimum atomic E-state index is -1.41. The second kappa shape index (κ2) is 11.2. The highest BCUT2D eigenvalue weighted by Crippen LogP contribution is 2.48. The van der Waals surface area contributed by atoms with Crippen LogP contribution in [0.2, 0.25) is 19.6 Å². The van der Waals surface area contributed by atoms with Crippen LogP contribution in [0.15, 0.2) is 114 Å². The summed E-state index contributed by atoms with van der Waals surface area (Å²) in [5.41, 5.74) is 7.73. The van der Waals surface area contributed by atoms with Gasteiger partial charge in [-0.3, -0.25) is 0 Å². The van der Waals surface area contributed by atoms with Crippen LogP contribution >= 0.6 is 0 Å². The quantitative estimate of drug-likeness (QED) is 0.0982. The molecule has 0 unspecified atom stereocenters. The Kier molecular flexibility index (Phi) is 7.38. The van der Waals surface area contributed by atoms with Gasteiger partial charge in [-0.05, 0) is 114 Å². The summed E-state index contributed by atoms with van der Waals surface area (Å²) in [4.78, 5) is 1.35. The van der Waals surface area contributed by atoms with E-state index in [1.54, 1.807) is 12.1 Å². The fraction of sp³-hybridized carbons (Fsp3) is 0.190. The molecular formula is C42H40FSSi+. The Morgan fingerprint density at radius 2 is 1.13 bits per heavy atom.